The minimum Gasteiger partial charge on any atom is -0.496 e. The Hall–Kier alpha value is -3.94. The molecular formula is C28H23BrN4O4S. The molecule has 0 saturated heterocycles. The summed E-state index contributed by atoms with van der Waals surface area (Å²) in [4.78, 5) is 32.2. The second-order valence-corrected chi connectivity index (χ2v) is 10.4. The quantitative estimate of drug-likeness (QED) is 0.315. The second-order valence-electron chi connectivity index (χ2n) is 8.58. The average Bonchev–Trinajstić information content (AvgIpc) is 3.40. The fourth-order valence-corrected chi connectivity index (χ4v) is 6.29. The Kier molecular flexibility index (Phi) is 7.06. The lowest BCUT2D eigenvalue weighted by Gasteiger charge is -2.25. The van der Waals surface area contributed by atoms with Crippen LogP contribution < -0.4 is 19.6 Å². The van der Waals surface area contributed by atoms with E-state index in [0.717, 1.165) is 16.5 Å². The smallest absolute Gasteiger partial charge is 0.338 e. The van der Waals surface area contributed by atoms with Gasteiger partial charge in [-0.05, 0) is 59.6 Å². The number of nitrogens with zero attached hydrogens (tertiary/aromatic N) is 4. The van der Waals surface area contributed by atoms with Crippen LogP contribution in [0.2, 0.25) is 0 Å². The zero-order valence-electron chi connectivity index (χ0n) is 20.9. The highest BCUT2D eigenvalue weighted by Crippen LogP contribution is 2.35. The predicted molar refractivity (Wildman–Crippen MR) is 149 cm³/mol. The molecule has 0 N–H and O–H groups in total. The Labute approximate surface area is 230 Å². The van der Waals surface area contributed by atoms with Crippen molar-refractivity contribution in [3.63, 3.8) is 0 Å². The van der Waals surface area contributed by atoms with Gasteiger partial charge in [0, 0.05) is 22.7 Å². The number of fused-ring (bicyclic) bond motifs is 2. The summed E-state index contributed by atoms with van der Waals surface area (Å²) in [7, 11) is 1.57. The van der Waals surface area contributed by atoms with Gasteiger partial charge in [-0.25, -0.2) is 9.79 Å². The number of allylic oxidation sites excluding steroid dienone is 1. The molecule has 0 fully saturated rings. The Morgan fingerprint density at radius 3 is 2.79 bits per heavy atom. The first-order valence-electron chi connectivity index (χ1n) is 11.9. The van der Waals surface area contributed by atoms with Gasteiger partial charge < -0.3 is 14.0 Å². The molecule has 192 valence electrons. The monoisotopic (exact) mass is 590 g/mol. The van der Waals surface area contributed by atoms with E-state index < -0.39 is 12.0 Å². The summed E-state index contributed by atoms with van der Waals surface area (Å²) in [6, 6.07) is 14.7. The Balaban J connectivity index is 1.75. The van der Waals surface area contributed by atoms with E-state index in [1.165, 1.54) is 11.3 Å². The second kappa shape index (κ2) is 10.4. The van der Waals surface area contributed by atoms with E-state index >= 15 is 0 Å². The standard InChI is InChI=1S/C28H23BrN4O4S/c1-4-37-27(35)24-16(2)31-28-33(25(24)17-9-10-22(36-3)20(29)13-17)26(34)23(38-28)14-18-15-32(12-11-30)21-8-6-5-7-19(18)21/h5-10,13-15,25H,4,12H2,1-3H3/b23-14+/t25-/m0/s1. The van der Waals surface area contributed by atoms with E-state index in [9.17, 15) is 14.9 Å². The molecule has 0 radical (unpaired) electrons. The number of carbonyl (C=O) groups excluding carboxylic acids is 1. The van der Waals surface area contributed by atoms with Crippen molar-refractivity contribution in [1.29, 1.82) is 5.26 Å². The van der Waals surface area contributed by atoms with E-state index in [-0.39, 0.29) is 18.7 Å². The zero-order chi connectivity index (χ0) is 27.0. The third-order valence-electron chi connectivity index (χ3n) is 6.36. The van der Waals surface area contributed by atoms with Crippen LogP contribution in [0, 0.1) is 11.3 Å². The number of ether oxygens (including phenoxy) is 2. The first-order valence-corrected chi connectivity index (χ1v) is 13.5. The van der Waals surface area contributed by atoms with Crippen molar-refractivity contribution >= 4 is 50.2 Å². The van der Waals surface area contributed by atoms with Gasteiger partial charge in [-0.3, -0.25) is 9.36 Å². The number of methoxy groups -OCH3 is 1. The molecule has 0 saturated carbocycles. The Morgan fingerprint density at radius 1 is 1.29 bits per heavy atom. The van der Waals surface area contributed by atoms with Gasteiger partial charge in [-0.15, -0.1) is 0 Å². The van der Waals surface area contributed by atoms with Crippen LogP contribution in [0.1, 0.15) is 31.0 Å². The van der Waals surface area contributed by atoms with Gasteiger partial charge in [0.25, 0.3) is 5.56 Å². The molecule has 38 heavy (non-hydrogen) atoms. The normalized spacial score (nSPS) is 15.2. The number of hydrogen-bond donors (Lipinski definition) is 0. The lowest BCUT2D eigenvalue weighted by molar-refractivity contribution is -0.139. The molecule has 2 aromatic heterocycles. The maximum absolute atomic E-state index is 13.9. The van der Waals surface area contributed by atoms with Crippen LogP contribution in [-0.2, 0) is 16.1 Å². The van der Waals surface area contributed by atoms with Crippen molar-refractivity contribution in [3.8, 4) is 11.8 Å². The maximum atomic E-state index is 13.9. The number of benzene rings is 2. The van der Waals surface area contributed by atoms with Gasteiger partial charge in [0.1, 0.15) is 12.3 Å². The maximum Gasteiger partial charge on any atom is 0.338 e. The zero-order valence-corrected chi connectivity index (χ0v) is 23.3. The van der Waals surface area contributed by atoms with Crippen molar-refractivity contribution in [2.45, 2.75) is 26.4 Å². The van der Waals surface area contributed by atoms with Crippen LogP contribution in [-0.4, -0.2) is 28.8 Å². The number of thiazole rings is 1. The molecule has 4 aromatic rings. The number of rotatable bonds is 6. The highest BCUT2D eigenvalue weighted by molar-refractivity contribution is 9.10. The fraction of sp³-hybridized carbons (Fsp3) is 0.214. The van der Waals surface area contributed by atoms with Gasteiger partial charge in [0.05, 0.1) is 46.1 Å². The summed E-state index contributed by atoms with van der Waals surface area (Å²) < 4.78 is 15.3. The number of nitriles is 1. The minimum absolute atomic E-state index is 0.198. The third-order valence-corrected chi connectivity index (χ3v) is 7.96. The van der Waals surface area contributed by atoms with Crippen LogP contribution in [0.5, 0.6) is 5.75 Å². The van der Waals surface area contributed by atoms with E-state index in [1.54, 1.807) is 31.6 Å². The number of hydrogen-bond acceptors (Lipinski definition) is 7. The van der Waals surface area contributed by atoms with Crippen molar-refractivity contribution < 1.29 is 14.3 Å². The van der Waals surface area contributed by atoms with Crippen LogP contribution in [0.3, 0.4) is 0 Å². The summed E-state index contributed by atoms with van der Waals surface area (Å²) in [5.74, 6) is 0.118. The highest BCUT2D eigenvalue weighted by Gasteiger charge is 2.33. The molecule has 3 heterocycles. The molecule has 0 unspecified atom stereocenters. The molecule has 5 rings (SSSR count). The van der Waals surface area contributed by atoms with Gasteiger partial charge in [0.15, 0.2) is 4.80 Å². The number of esters is 1. The highest BCUT2D eigenvalue weighted by atomic mass is 79.9. The molecule has 0 aliphatic carbocycles. The number of aromatic nitrogens is 2. The predicted octanol–water partition coefficient (Wildman–Crippen LogP) is 4.05. The van der Waals surface area contributed by atoms with E-state index in [2.05, 4.69) is 27.0 Å². The summed E-state index contributed by atoms with van der Waals surface area (Å²) >= 11 is 4.79. The number of carbonyl (C=O) groups is 1. The topological polar surface area (TPSA) is 98.6 Å². The average molecular weight is 591 g/mol. The van der Waals surface area contributed by atoms with Gasteiger partial charge in [-0.2, -0.15) is 5.26 Å². The first kappa shape index (κ1) is 25.7. The summed E-state index contributed by atoms with van der Waals surface area (Å²) in [6.07, 6.45) is 3.70. The molecule has 1 atom stereocenters. The summed E-state index contributed by atoms with van der Waals surface area (Å²) in [6.45, 7) is 3.89. The van der Waals surface area contributed by atoms with E-state index in [0.29, 0.717) is 36.4 Å². The molecule has 0 bridgehead atoms. The van der Waals surface area contributed by atoms with Crippen molar-refractivity contribution in [3.05, 3.63) is 95.2 Å². The molecular weight excluding hydrogens is 568 g/mol. The van der Waals surface area contributed by atoms with E-state index in [4.69, 9.17) is 9.47 Å². The fourth-order valence-electron chi connectivity index (χ4n) is 4.70. The minimum atomic E-state index is -0.727. The third kappa shape index (κ3) is 4.38. The Morgan fingerprint density at radius 2 is 2.08 bits per heavy atom. The van der Waals surface area contributed by atoms with Gasteiger partial charge in [0.2, 0.25) is 0 Å². The SMILES string of the molecule is CCOC(=O)C1=C(C)N=c2s/c(=C/c3cn(CC#N)c4ccccc34)c(=O)n2[C@H]1c1ccc(OC)c(Br)c1. The summed E-state index contributed by atoms with van der Waals surface area (Å²) in [5, 5.41) is 10.2. The molecule has 1 aliphatic heterocycles. The van der Waals surface area contributed by atoms with Crippen molar-refractivity contribution in [2.24, 2.45) is 4.99 Å². The number of para-hydroxylation sites is 1. The van der Waals surface area contributed by atoms with Crippen LogP contribution in [0.15, 0.2) is 74.2 Å². The molecule has 0 spiro atoms. The Bertz CT molecular complexity index is 1840. The van der Waals surface area contributed by atoms with Gasteiger partial charge in [-0.1, -0.05) is 35.6 Å². The van der Waals surface area contributed by atoms with Crippen LogP contribution in [0.25, 0.3) is 17.0 Å². The summed E-state index contributed by atoms with van der Waals surface area (Å²) in [5.41, 5.74) is 3.00. The lowest BCUT2D eigenvalue weighted by Crippen LogP contribution is -2.39. The molecule has 8 nitrogen and oxygen atoms in total. The van der Waals surface area contributed by atoms with Crippen LogP contribution >= 0.6 is 27.3 Å². The molecule has 2 aromatic carbocycles. The molecule has 0 amide bonds. The molecule has 10 heteroatoms. The lowest BCUT2D eigenvalue weighted by atomic mass is 9.96. The largest absolute Gasteiger partial charge is 0.496 e. The van der Waals surface area contributed by atoms with Crippen molar-refractivity contribution in [1.82, 2.24) is 9.13 Å². The van der Waals surface area contributed by atoms with Crippen LogP contribution in [0.4, 0.5) is 0 Å². The van der Waals surface area contributed by atoms with E-state index in [1.807, 2.05) is 53.2 Å². The molecule has 1 aliphatic rings. The number of halogens is 1. The first-order chi connectivity index (χ1) is 18.4. The van der Waals surface area contributed by atoms with Gasteiger partial charge >= 0.3 is 5.97 Å². The van der Waals surface area contributed by atoms with Crippen molar-refractivity contribution in [2.75, 3.05) is 13.7 Å².